The molecule has 2 aliphatic rings. The van der Waals surface area contributed by atoms with Crippen molar-refractivity contribution in [1.82, 2.24) is 9.88 Å². The summed E-state index contributed by atoms with van der Waals surface area (Å²) in [7, 11) is 0. The number of piperidine rings is 1. The number of allylic oxidation sites excluding steroid dienone is 1. The van der Waals surface area contributed by atoms with Gasteiger partial charge in [0.05, 0.1) is 5.69 Å². The SMILES string of the molecule is CC(C)(c1ccc(O)cc1)c1ccc(OC(=O)N2CCC(=C3Cc4ccc(Cl)cc4Cc4cccnc43)CC2)cc1. The van der Waals surface area contributed by atoms with Crippen molar-refractivity contribution in [3.05, 3.63) is 129 Å². The number of aromatic nitrogens is 1. The molecule has 1 aliphatic carbocycles. The van der Waals surface area contributed by atoms with Crippen molar-refractivity contribution in [3.8, 4) is 11.5 Å². The monoisotopic (exact) mass is 564 g/mol. The Bertz CT molecular complexity index is 1610. The van der Waals surface area contributed by atoms with Gasteiger partial charge in [0.15, 0.2) is 0 Å². The second-order valence-electron chi connectivity index (χ2n) is 11.4. The summed E-state index contributed by atoms with van der Waals surface area (Å²) in [5, 5.41) is 10.4. The summed E-state index contributed by atoms with van der Waals surface area (Å²) in [6.07, 6.45) is 4.78. The second-order valence-corrected chi connectivity index (χ2v) is 11.8. The fourth-order valence-corrected chi connectivity index (χ4v) is 6.16. The minimum atomic E-state index is -0.320. The first-order chi connectivity index (χ1) is 19.8. The van der Waals surface area contributed by atoms with Crippen molar-refractivity contribution >= 4 is 23.3 Å². The van der Waals surface area contributed by atoms with Crippen LogP contribution in [0.4, 0.5) is 4.79 Å². The lowest BCUT2D eigenvalue weighted by atomic mass is 9.78. The summed E-state index contributed by atoms with van der Waals surface area (Å²) in [5.74, 6) is 0.779. The van der Waals surface area contributed by atoms with Crippen LogP contribution in [0.25, 0.3) is 5.57 Å². The van der Waals surface area contributed by atoms with E-state index in [2.05, 4.69) is 32.0 Å². The third-order valence-corrected chi connectivity index (χ3v) is 8.75. The van der Waals surface area contributed by atoms with Crippen LogP contribution >= 0.6 is 11.6 Å². The molecule has 1 saturated heterocycles. The Hall–Kier alpha value is -4.09. The molecule has 1 N–H and O–H groups in total. The highest BCUT2D eigenvalue weighted by Gasteiger charge is 2.27. The van der Waals surface area contributed by atoms with Crippen molar-refractivity contribution in [1.29, 1.82) is 0 Å². The van der Waals surface area contributed by atoms with E-state index >= 15 is 0 Å². The zero-order valence-corrected chi connectivity index (χ0v) is 24.1. The van der Waals surface area contributed by atoms with Gasteiger partial charge < -0.3 is 14.7 Å². The molecule has 0 radical (unpaired) electrons. The zero-order chi connectivity index (χ0) is 28.6. The van der Waals surface area contributed by atoms with Gasteiger partial charge >= 0.3 is 6.09 Å². The number of likely N-dealkylation sites (tertiary alicyclic amines) is 1. The quantitative estimate of drug-likeness (QED) is 0.274. The minimum absolute atomic E-state index is 0.249. The standard InChI is InChI=1S/C35H33ClN2O3/c1-35(2,27-6-11-30(39)12-7-27)28-8-13-31(14-9-28)41-34(40)38-18-15-23(16-19-38)32-22-24-5-10-29(36)21-26(24)20-25-4-3-17-37-33(25)32/h3-14,17,21,39H,15-16,18-20,22H2,1-2H3. The molecule has 0 bridgehead atoms. The third-order valence-electron chi connectivity index (χ3n) is 8.52. The second kappa shape index (κ2) is 11.1. The van der Waals surface area contributed by atoms with Gasteiger partial charge in [-0.2, -0.15) is 0 Å². The fraction of sp³-hybridized carbons (Fsp3) is 0.257. The van der Waals surface area contributed by atoms with Crippen molar-refractivity contribution < 1.29 is 14.6 Å². The van der Waals surface area contributed by atoms with Crippen LogP contribution in [-0.2, 0) is 18.3 Å². The Morgan fingerprint density at radius 3 is 2.27 bits per heavy atom. The normalized spacial score (nSPS) is 15.1. The van der Waals surface area contributed by atoms with Crippen LogP contribution in [0.3, 0.4) is 0 Å². The van der Waals surface area contributed by atoms with Gasteiger partial charge in [-0.15, -0.1) is 0 Å². The summed E-state index contributed by atoms with van der Waals surface area (Å²) < 4.78 is 5.77. The average Bonchev–Trinajstić information content (AvgIpc) is 3.14. The first-order valence-electron chi connectivity index (χ1n) is 14.1. The van der Waals surface area contributed by atoms with Crippen LogP contribution in [0.15, 0.2) is 90.6 Å². The Kier molecular flexibility index (Phi) is 7.31. The maximum atomic E-state index is 13.1. The number of phenols is 1. The number of benzene rings is 3. The highest BCUT2D eigenvalue weighted by Crippen LogP contribution is 2.37. The number of fused-ring (bicyclic) bond motifs is 2. The van der Waals surface area contributed by atoms with Gasteiger partial charge in [0.25, 0.3) is 0 Å². The number of hydrogen-bond donors (Lipinski definition) is 1. The van der Waals surface area contributed by atoms with E-state index in [9.17, 15) is 9.90 Å². The minimum Gasteiger partial charge on any atom is -0.508 e. The van der Waals surface area contributed by atoms with Gasteiger partial charge in [0, 0.05) is 29.7 Å². The highest BCUT2D eigenvalue weighted by molar-refractivity contribution is 6.30. The molecule has 3 aromatic carbocycles. The molecule has 2 heterocycles. The number of hydrogen-bond acceptors (Lipinski definition) is 4. The molecule has 0 unspecified atom stereocenters. The summed E-state index contributed by atoms with van der Waals surface area (Å²) in [6, 6.07) is 25.3. The van der Waals surface area contributed by atoms with Gasteiger partial charge in [-0.1, -0.05) is 67.4 Å². The number of amides is 1. The fourth-order valence-electron chi connectivity index (χ4n) is 5.97. The number of ether oxygens (including phenoxy) is 1. The van der Waals surface area contributed by atoms with E-state index < -0.39 is 0 Å². The van der Waals surface area contributed by atoms with Crippen molar-refractivity contribution in [2.45, 2.75) is 44.9 Å². The molecule has 0 saturated carbocycles. The molecule has 4 aromatic rings. The van der Waals surface area contributed by atoms with E-state index in [1.807, 2.05) is 54.7 Å². The van der Waals surface area contributed by atoms with E-state index in [1.54, 1.807) is 17.0 Å². The number of rotatable bonds is 3. The van der Waals surface area contributed by atoms with Crippen LogP contribution in [0, 0.1) is 0 Å². The lowest BCUT2D eigenvalue weighted by molar-refractivity contribution is 0.148. The van der Waals surface area contributed by atoms with Crippen molar-refractivity contribution in [2.24, 2.45) is 0 Å². The van der Waals surface area contributed by atoms with Gasteiger partial charge in [-0.3, -0.25) is 4.98 Å². The molecule has 1 aromatic heterocycles. The van der Waals surface area contributed by atoms with Crippen molar-refractivity contribution in [2.75, 3.05) is 13.1 Å². The van der Waals surface area contributed by atoms with Crippen molar-refractivity contribution in [3.63, 3.8) is 0 Å². The number of nitrogens with zero attached hydrogens (tertiary/aromatic N) is 2. The van der Waals surface area contributed by atoms with E-state index in [-0.39, 0.29) is 17.3 Å². The van der Waals surface area contributed by atoms with Crippen LogP contribution in [0.5, 0.6) is 11.5 Å². The van der Waals surface area contributed by atoms with E-state index in [0.29, 0.717) is 18.8 Å². The number of halogens is 1. The van der Waals surface area contributed by atoms with Crippen LogP contribution in [0.1, 0.15) is 60.2 Å². The topological polar surface area (TPSA) is 62.7 Å². The lowest BCUT2D eigenvalue weighted by Gasteiger charge is -2.29. The number of carbonyl (C=O) groups excluding carboxylic acids is 1. The predicted octanol–water partition coefficient (Wildman–Crippen LogP) is 7.96. The first-order valence-corrected chi connectivity index (χ1v) is 14.4. The molecule has 6 heteroatoms. The Morgan fingerprint density at radius 2 is 1.56 bits per heavy atom. The number of carbonyl (C=O) groups is 1. The largest absolute Gasteiger partial charge is 0.508 e. The summed E-state index contributed by atoms with van der Waals surface area (Å²) >= 11 is 6.32. The summed E-state index contributed by atoms with van der Waals surface area (Å²) in [4.78, 5) is 19.7. The molecule has 6 rings (SSSR count). The molecular formula is C35H33ClN2O3. The Balaban J connectivity index is 1.14. The number of aromatic hydroxyl groups is 1. The number of phenolic OH excluding ortho intramolecular Hbond substituents is 1. The lowest BCUT2D eigenvalue weighted by Crippen LogP contribution is -2.38. The van der Waals surface area contributed by atoms with Gasteiger partial charge in [0.2, 0.25) is 0 Å². The van der Waals surface area contributed by atoms with E-state index in [1.165, 1.54) is 27.8 Å². The predicted molar refractivity (Wildman–Crippen MR) is 163 cm³/mol. The Labute approximate surface area is 246 Å². The number of pyridine rings is 1. The molecule has 0 spiro atoms. The van der Waals surface area contributed by atoms with Gasteiger partial charge in [-0.25, -0.2) is 4.79 Å². The smallest absolute Gasteiger partial charge is 0.415 e. The Morgan fingerprint density at radius 1 is 0.878 bits per heavy atom. The zero-order valence-electron chi connectivity index (χ0n) is 23.4. The third kappa shape index (κ3) is 5.59. The average molecular weight is 565 g/mol. The maximum Gasteiger partial charge on any atom is 0.415 e. The highest BCUT2D eigenvalue weighted by atomic mass is 35.5. The van der Waals surface area contributed by atoms with E-state index in [4.69, 9.17) is 21.3 Å². The van der Waals surface area contributed by atoms with Crippen LogP contribution in [-0.4, -0.2) is 34.2 Å². The molecule has 41 heavy (non-hydrogen) atoms. The van der Waals surface area contributed by atoms with E-state index in [0.717, 1.165) is 47.5 Å². The van der Waals surface area contributed by atoms with Gasteiger partial charge in [-0.05, 0) is 102 Å². The molecular weight excluding hydrogens is 532 g/mol. The summed E-state index contributed by atoms with van der Waals surface area (Å²) in [5.41, 5.74) is 9.39. The summed E-state index contributed by atoms with van der Waals surface area (Å²) in [6.45, 7) is 5.49. The first kappa shape index (κ1) is 27.1. The molecule has 208 valence electrons. The molecule has 5 nitrogen and oxygen atoms in total. The molecule has 1 aliphatic heterocycles. The van der Waals surface area contributed by atoms with Gasteiger partial charge in [0.1, 0.15) is 11.5 Å². The molecule has 1 amide bonds. The van der Waals surface area contributed by atoms with Crippen LogP contribution < -0.4 is 4.74 Å². The molecule has 1 fully saturated rings. The van der Waals surface area contributed by atoms with Crippen LogP contribution in [0.2, 0.25) is 5.02 Å². The molecule has 0 atom stereocenters. The maximum absolute atomic E-state index is 13.1.